The molecule has 13 heteroatoms. The summed E-state index contributed by atoms with van der Waals surface area (Å²) in [5.41, 5.74) is 1.31. The Morgan fingerprint density at radius 2 is 1.86 bits per heavy atom. The minimum atomic E-state index is -3.96. The number of halogens is 1. The fourth-order valence-electron chi connectivity index (χ4n) is 3.34. The number of hydrogen-bond acceptors (Lipinski definition) is 8. The van der Waals surface area contributed by atoms with Crippen LogP contribution < -0.4 is 49.4 Å². The van der Waals surface area contributed by atoms with Crippen LogP contribution in [-0.2, 0) is 16.6 Å². The molecule has 4 rings (SSSR count). The fourth-order valence-corrected chi connectivity index (χ4v) is 3.83. The Labute approximate surface area is 223 Å². The van der Waals surface area contributed by atoms with Gasteiger partial charge in [-0.1, -0.05) is 0 Å². The van der Waals surface area contributed by atoms with E-state index in [9.17, 15) is 17.6 Å². The third-order valence-corrected chi connectivity index (χ3v) is 6.16. The summed E-state index contributed by atoms with van der Waals surface area (Å²) in [4.78, 5) is 24.6. The van der Waals surface area contributed by atoms with E-state index >= 15 is 0 Å². The van der Waals surface area contributed by atoms with Crippen LogP contribution in [0.15, 0.2) is 52.1 Å². The van der Waals surface area contributed by atoms with Crippen molar-refractivity contribution in [3.05, 3.63) is 81.3 Å². The molecule has 0 bridgehead atoms. The van der Waals surface area contributed by atoms with Crippen LogP contribution in [0.2, 0.25) is 0 Å². The van der Waals surface area contributed by atoms with Gasteiger partial charge < -0.3 is 10.6 Å². The first kappa shape index (κ1) is 26.7. The zero-order valence-corrected chi connectivity index (χ0v) is 22.2. The molecule has 0 aliphatic rings. The molecule has 0 fully saturated rings. The van der Waals surface area contributed by atoms with E-state index < -0.39 is 27.5 Å². The fraction of sp³-hybridized carbons (Fsp3) is 0.182. The number of hydrogen-bond donors (Lipinski definition) is 2. The summed E-state index contributed by atoms with van der Waals surface area (Å²) in [5, 5.41) is 0.652. The van der Waals surface area contributed by atoms with E-state index in [1.807, 2.05) is 16.4 Å². The summed E-state index contributed by atoms with van der Waals surface area (Å²) in [6.07, 6.45) is 4.22. The van der Waals surface area contributed by atoms with E-state index in [4.69, 9.17) is 9.15 Å². The Morgan fingerprint density at radius 3 is 2.54 bits per heavy atom. The van der Waals surface area contributed by atoms with Crippen molar-refractivity contribution >= 4 is 27.0 Å². The number of aryl methyl sites for hydroxylation is 2. The predicted octanol–water partition coefficient (Wildman–Crippen LogP) is 0.110. The smallest absolute Gasteiger partial charge is 1.00 e. The minimum Gasteiger partial charge on any atom is -1.00 e. The number of pyridine rings is 1. The number of fused-ring (bicyclic) bond motifs is 1. The van der Waals surface area contributed by atoms with Gasteiger partial charge in [0, 0.05) is 49.1 Å². The van der Waals surface area contributed by atoms with E-state index in [2.05, 4.69) is 15.0 Å². The van der Waals surface area contributed by atoms with Crippen molar-refractivity contribution < 1.29 is 52.9 Å². The summed E-state index contributed by atoms with van der Waals surface area (Å²) < 4.78 is 53.6. The van der Waals surface area contributed by atoms with Gasteiger partial charge in [0.15, 0.2) is 11.6 Å². The number of ether oxygens (including phenoxy) is 1. The molecule has 178 valence electrons. The van der Waals surface area contributed by atoms with Crippen LogP contribution in [0, 0.1) is 19.7 Å². The molecule has 0 spiro atoms. The number of nitrogens with zero attached hydrogens (tertiary/aromatic N) is 3. The minimum absolute atomic E-state index is 0. The first-order chi connectivity index (χ1) is 16.2. The summed E-state index contributed by atoms with van der Waals surface area (Å²) in [6, 6.07) is 6.56. The second kappa shape index (κ2) is 10.8. The summed E-state index contributed by atoms with van der Waals surface area (Å²) >= 11 is 0. The molecule has 3 heterocycles. The zero-order chi connectivity index (χ0) is 24.5. The SMILES string of the molecule is CNS(=O)(=O)Nc1nccc(Cc2c(C)c3cc(C)c(Oc4ncccn4)cc3oc2=O)c1F.[H-].[Na+]. The van der Waals surface area contributed by atoms with Gasteiger partial charge in [-0.05, 0) is 48.7 Å². The molecular formula is C22H21FN5NaO5S. The van der Waals surface area contributed by atoms with Gasteiger partial charge in [0.1, 0.15) is 11.3 Å². The largest absolute Gasteiger partial charge is 1.00 e. The molecule has 0 amide bonds. The molecule has 0 aliphatic carbocycles. The van der Waals surface area contributed by atoms with Crippen LogP contribution in [-0.4, -0.2) is 30.4 Å². The second-order valence-corrected chi connectivity index (χ2v) is 8.98. The van der Waals surface area contributed by atoms with Crippen molar-refractivity contribution in [3.8, 4) is 11.8 Å². The van der Waals surface area contributed by atoms with Crippen LogP contribution in [0.5, 0.6) is 11.8 Å². The van der Waals surface area contributed by atoms with Gasteiger partial charge in [-0.3, -0.25) is 4.72 Å². The molecule has 1 aromatic carbocycles. The molecule has 0 atom stereocenters. The molecule has 10 nitrogen and oxygen atoms in total. The third kappa shape index (κ3) is 5.85. The molecule has 0 radical (unpaired) electrons. The normalized spacial score (nSPS) is 11.2. The molecule has 0 aliphatic heterocycles. The summed E-state index contributed by atoms with van der Waals surface area (Å²) in [7, 11) is -2.79. The molecule has 3 aromatic heterocycles. The van der Waals surface area contributed by atoms with Crippen molar-refractivity contribution in [3.63, 3.8) is 0 Å². The van der Waals surface area contributed by atoms with Crippen LogP contribution >= 0.6 is 0 Å². The van der Waals surface area contributed by atoms with Crippen molar-refractivity contribution in [2.75, 3.05) is 11.8 Å². The van der Waals surface area contributed by atoms with Gasteiger partial charge in [-0.15, -0.1) is 0 Å². The summed E-state index contributed by atoms with van der Waals surface area (Å²) in [6.45, 7) is 3.56. The van der Waals surface area contributed by atoms with E-state index in [0.29, 0.717) is 22.3 Å². The molecule has 0 unspecified atom stereocenters. The van der Waals surface area contributed by atoms with Crippen LogP contribution in [0.1, 0.15) is 23.7 Å². The van der Waals surface area contributed by atoms with Crippen LogP contribution in [0.4, 0.5) is 10.2 Å². The topological polar surface area (TPSA) is 136 Å². The van der Waals surface area contributed by atoms with Gasteiger partial charge in [-0.25, -0.2) is 28.9 Å². The Hall–Kier alpha value is -2.90. The van der Waals surface area contributed by atoms with E-state index in [1.54, 1.807) is 37.5 Å². The van der Waals surface area contributed by atoms with Crippen LogP contribution in [0.3, 0.4) is 0 Å². The predicted molar refractivity (Wildman–Crippen MR) is 124 cm³/mol. The second-order valence-electron chi connectivity index (χ2n) is 7.36. The number of aromatic nitrogens is 3. The van der Waals surface area contributed by atoms with Crippen molar-refractivity contribution in [1.82, 2.24) is 19.7 Å². The average molecular weight is 509 g/mol. The molecule has 0 saturated carbocycles. The maximum atomic E-state index is 14.9. The molecule has 4 aromatic rings. The summed E-state index contributed by atoms with van der Waals surface area (Å²) in [5.74, 6) is -0.936. The Kier molecular flexibility index (Phi) is 8.23. The first-order valence-electron chi connectivity index (χ1n) is 10.0. The monoisotopic (exact) mass is 509 g/mol. The third-order valence-electron chi connectivity index (χ3n) is 5.16. The average Bonchev–Trinajstić information content (AvgIpc) is 2.81. The van der Waals surface area contributed by atoms with Gasteiger partial charge in [-0.2, -0.15) is 8.42 Å². The van der Waals surface area contributed by atoms with Gasteiger partial charge in [0.2, 0.25) is 0 Å². The van der Waals surface area contributed by atoms with Gasteiger partial charge in [0.05, 0.1) is 0 Å². The Balaban J connectivity index is 0.00000228. The van der Waals surface area contributed by atoms with Crippen molar-refractivity contribution in [1.29, 1.82) is 0 Å². The quantitative estimate of drug-likeness (QED) is 0.265. The van der Waals surface area contributed by atoms with E-state index in [0.717, 1.165) is 5.56 Å². The number of nitrogens with one attached hydrogen (secondary N) is 2. The van der Waals surface area contributed by atoms with Crippen LogP contribution in [0.25, 0.3) is 11.0 Å². The molecule has 35 heavy (non-hydrogen) atoms. The zero-order valence-electron chi connectivity index (χ0n) is 20.4. The van der Waals surface area contributed by atoms with E-state index in [-0.39, 0.29) is 54.5 Å². The molecule has 0 saturated heterocycles. The van der Waals surface area contributed by atoms with Gasteiger partial charge in [0.25, 0.3) is 10.2 Å². The molecule has 2 N–H and O–H groups in total. The number of anilines is 1. The Bertz CT molecular complexity index is 1550. The maximum absolute atomic E-state index is 14.9. The van der Waals surface area contributed by atoms with E-state index in [1.165, 1.54) is 19.3 Å². The molecular weight excluding hydrogens is 488 g/mol. The maximum Gasteiger partial charge on any atom is 1.00 e. The number of benzene rings is 1. The van der Waals surface area contributed by atoms with Gasteiger partial charge >= 0.3 is 41.2 Å². The van der Waals surface area contributed by atoms with Crippen molar-refractivity contribution in [2.24, 2.45) is 0 Å². The first-order valence-corrected chi connectivity index (χ1v) is 11.5. The Morgan fingerprint density at radius 1 is 1.14 bits per heavy atom. The number of rotatable bonds is 7. The van der Waals surface area contributed by atoms with Crippen molar-refractivity contribution in [2.45, 2.75) is 20.3 Å². The standard InChI is InChI=1S/C22H20FN5O5S.Na.H/c1-12-9-15-13(2)16(10-14-5-8-25-20(19(14)23)28-34(30,31)24-3)21(29)32-18(15)11-17(12)33-22-26-6-4-7-27-22;;/h4-9,11,24H,10H2,1-3H3,(H,25,28);;/q;+1;-1.